The Morgan fingerprint density at radius 2 is 0.754 bits per heavy atom. The highest BCUT2D eigenvalue weighted by molar-refractivity contribution is 6.16. The van der Waals surface area contributed by atoms with Crippen molar-refractivity contribution in [3.63, 3.8) is 0 Å². The Kier molecular flexibility index (Phi) is 8.13. The maximum atomic E-state index is 5.30. The van der Waals surface area contributed by atoms with Crippen molar-refractivity contribution in [1.29, 1.82) is 0 Å². The quantitative estimate of drug-likeness (QED) is 0.169. The molecule has 284 valence electrons. The van der Waals surface area contributed by atoms with E-state index in [1.54, 1.807) is 0 Å². The van der Waals surface area contributed by atoms with Crippen LogP contribution in [0.25, 0.3) is 116 Å². The highest BCUT2D eigenvalue weighted by Gasteiger charge is 2.20. The molecule has 0 saturated heterocycles. The minimum Gasteiger partial charge on any atom is -0.309 e. The molecule has 2 aromatic heterocycles. The van der Waals surface area contributed by atoms with Gasteiger partial charge in [-0.15, -0.1) is 0 Å². The van der Waals surface area contributed by atoms with Crippen LogP contribution in [0.2, 0.25) is 0 Å². The van der Waals surface area contributed by atoms with Gasteiger partial charge in [0.25, 0.3) is 0 Å². The standard InChI is InChI=1S/C57H36N4/c1-3-14-37(15-4-1)41-24-13-25-46(30-41)50-36-48(61-53-34-44-22-11-9-20-42(44)32-51(53)52-33-43-21-10-12-23-45(43)35-54(52)61)28-29-49(50)57-59-55(39-17-5-2-6-18-39)58-56(60-57)47-27-26-38-16-7-8-19-40(38)31-47/h1-36H. The molecule has 0 unspecified atom stereocenters. The van der Waals surface area contributed by atoms with E-state index in [0.29, 0.717) is 17.5 Å². The molecule has 0 aliphatic rings. The van der Waals surface area contributed by atoms with Gasteiger partial charge in [0.05, 0.1) is 11.0 Å². The van der Waals surface area contributed by atoms with Gasteiger partial charge in [-0.05, 0) is 109 Å². The lowest BCUT2D eigenvalue weighted by atomic mass is 9.94. The van der Waals surface area contributed by atoms with Crippen molar-refractivity contribution in [3.05, 3.63) is 218 Å². The van der Waals surface area contributed by atoms with E-state index in [1.807, 2.05) is 18.2 Å². The van der Waals surface area contributed by atoms with Crippen molar-refractivity contribution < 1.29 is 0 Å². The van der Waals surface area contributed by atoms with Crippen LogP contribution in [-0.2, 0) is 0 Å². The van der Waals surface area contributed by atoms with Crippen molar-refractivity contribution >= 4 is 54.1 Å². The van der Waals surface area contributed by atoms with Crippen LogP contribution in [0.4, 0.5) is 0 Å². The summed E-state index contributed by atoms with van der Waals surface area (Å²) in [5.74, 6) is 1.87. The summed E-state index contributed by atoms with van der Waals surface area (Å²) >= 11 is 0. The number of hydrogen-bond donors (Lipinski definition) is 0. The highest BCUT2D eigenvalue weighted by Crippen LogP contribution is 2.41. The summed E-state index contributed by atoms with van der Waals surface area (Å²) in [6.07, 6.45) is 0. The van der Waals surface area contributed by atoms with E-state index >= 15 is 0 Å². The van der Waals surface area contributed by atoms with Crippen LogP contribution >= 0.6 is 0 Å². The van der Waals surface area contributed by atoms with Gasteiger partial charge in [0.15, 0.2) is 17.5 Å². The summed E-state index contributed by atoms with van der Waals surface area (Å²) in [5, 5.41) is 9.61. The average Bonchev–Trinajstić information content (AvgIpc) is 3.64. The predicted molar refractivity (Wildman–Crippen MR) is 254 cm³/mol. The fraction of sp³-hybridized carbons (Fsp3) is 0. The summed E-state index contributed by atoms with van der Waals surface area (Å²) in [6.45, 7) is 0. The third-order valence-corrected chi connectivity index (χ3v) is 12.0. The Hall–Kier alpha value is -8.21. The summed E-state index contributed by atoms with van der Waals surface area (Å²) in [6, 6.07) is 77.8. The molecule has 0 bridgehead atoms. The molecule has 10 aromatic carbocycles. The monoisotopic (exact) mass is 776 g/mol. The van der Waals surface area contributed by atoms with Crippen LogP contribution in [0.3, 0.4) is 0 Å². The van der Waals surface area contributed by atoms with Gasteiger partial charge >= 0.3 is 0 Å². The number of benzene rings is 10. The molecular formula is C57H36N4. The topological polar surface area (TPSA) is 43.6 Å². The summed E-state index contributed by atoms with van der Waals surface area (Å²) in [5.41, 5.74) is 10.6. The van der Waals surface area contributed by atoms with Crippen molar-refractivity contribution in [2.24, 2.45) is 0 Å². The molecule has 0 amide bonds. The van der Waals surface area contributed by atoms with Gasteiger partial charge in [-0.1, -0.05) is 164 Å². The summed E-state index contributed by atoms with van der Waals surface area (Å²) in [4.78, 5) is 15.7. The van der Waals surface area contributed by atoms with E-state index in [1.165, 1.54) is 37.7 Å². The van der Waals surface area contributed by atoms with Gasteiger partial charge in [0.1, 0.15) is 0 Å². The van der Waals surface area contributed by atoms with Crippen molar-refractivity contribution in [1.82, 2.24) is 19.5 Å². The zero-order chi connectivity index (χ0) is 40.3. The smallest absolute Gasteiger partial charge is 0.164 e. The van der Waals surface area contributed by atoms with Gasteiger partial charge in [0, 0.05) is 33.2 Å². The molecule has 4 nitrogen and oxygen atoms in total. The molecule has 4 heteroatoms. The van der Waals surface area contributed by atoms with Crippen molar-refractivity contribution in [2.75, 3.05) is 0 Å². The highest BCUT2D eigenvalue weighted by atomic mass is 15.0. The second kappa shape index (κ2) is 14.3. The van der Waals surface area contributed by atoms with E-state index in [9.17, 15) is 0 Å². The van der Waals surface area contributed by atoms with E-state index in [2.05, 4.69) is 205 Å². The zero-order valence-corrected chi connectivity index (χ0v) is 33.1. The molecule has 0 saturated carbocycles. The fourth-order valence-electron chi connectivity index (χ4n) is 8.94. The first-order valence-corrected chi connectivity index (χ1v) is 20.7. The molecule has 2 heterocycles. The average molecular weight is 777 g/mol. The second-order valence-corrected chi connectivity index (χ2v) is 15.7. The maximum absolute atomic E-state index is 5.30. The van der Waals surface area contributed by atoms with Gasteiger partial charge < -0.3 is 4.57 Å². The van der Waals surface area contributed by atoms with Crippen LogP contribution in [0, 0.1) is 0 Å². The molecule has 12 rings (SSSR count). The number of hydrogen-bond acceptors (Lipinski definition) is 3. The van der Waals surface area contributed by atoms with E-state index in [4.69, 9.17) is 15.0 Å². The third-order valence-electron chi connectivity index (χ3n) is 12.0. The van der Waals surface area contributed by atoms with E-state index < -0.39 is 0 Å². The van der Waals surface area contributed by atoms with Gasteiger partial charge in [-0.25, -0.2) is 15.0 Å². The molecule has 12 aromatic rings. The van der Waals surface area contributed by atoms with Gasteiger partial charge in [-0.3, -0.25) is 0 Å². The first-order chi connectivity index (χ1) is 30.2. The largest absolute Gasteiger partial charge is 0.309 e. The van der Waals surface area contributed by atoms with Crippen molar-refractivity contribution in [3.8, 4) is 62.1 Å². The lowest BCUT2D eigenvalue weighted by molar-refractivity contribution is 1.07. The molecule has 0 aliphatic carbocycles. The molecule has 0 spiro atoms. The van der Waals surface area contributed by atoms with Crippen LogP contribution < -0.4 is 0 Å². The molecule has 0 fully saturated rings. The molecule has 0 aliphatic heterocycles. The zero-order valence-electron chi connectivity index (χ0n) is 33.1. The van der Waals surface area contributed by atoms with E-state index in [0.717, 1.165) is 61.1 Å². The fourth-order valence-corrected chi connectivity index (χ4v) is 8.94. The predicted octanol–water partition coefficient (Wildman–Crippen LogP) is 14.8. The number of fused-ring (bicyclic) bond motifs is 6. The normalized spacial score (nSPS) is 11.6. The molecular weight excluding hydrogens is 741 g/mol. The maximum Gasteiger partial charge on any atom is 0.164 e. The molecule has 0 atom stereocenters. The van der Waals surface area contributed by atoms with Crippen LogP contribution in [0.5, 0.6) is 0 Å². The summed E-state index contributed by atoms with van der Waals surface area (Å²) in [7, 11) is 0. The molecule has 61 heavy (non-hydrogen) atoms. The lowest BCUT2D eigenvalue weighted by Gasteiger charge is -2.16. The van der Waals surface area contributed by atoms with Crippen molar-refractivity contribution in [2.45, 2.75) is 0 Å². The second-order valence-electron chi connectivity index (χ2n) is 15.7. The SMILES string of the molecule is c1ccc(-c2cccc(-c3cc(-n4c5cc6ccccc6cc5c5cc6ccccc6cc54)ccc3-c3nc(-c4ccccc4)nc(-c4ccc5ccccc5c4)n3)c2)cc1. The number of aromatic nitrogens is 4. The first-order valence-electron chi connectivity index (χ1n) is 20.7. The Morgan fingerprint density at radius 1 is 0.262 bits per heavy atom. The number of nitrogens with zero attached hydrogens (tertiary/aromatic N) is 4. The Bertz CT molecular complexity index is 3550. The minimum absolute atomic E-state index is 0.614. The van der Waals surface area contributed by atoms with Crippen LogP contribution in [0.15, 0.2) is 218 Å². The Morgan fingerprint density at radius 3 is 1.39 bits per heavy atom. The molecule has 0 radical (unpaired) electrons. The lowest BCUT2D eigenvalue weighted by Crippen LogP contribution is -2.02. The van der Waals surface area contributed by atoms with Gasteiger partial charge in [0.2, 0.25) is 0 Å². The minimum atomic E-state index is 0.614. The Balaban J connectivity index is 1.14. The summed E-state index contributed by atoms with van der Waals surface area (Å²) < 4.78 is 2.43. The van der Waals surface area contributed by atoms with Crippen LogP contribution in [0.1, 0.15) is 0 Å². The number of rotatable bonds is 6. The first kappa shape index (κ1) is 34.8. The third kappa shape index (κ3) is 6.12. The van der Waals surface area contributed by atoms with E-state index in [-0.39, 0.29) is 0 Å². The van der Waals surface area contributed by atoms with Gasteiger partial charge in [-0.2, -0.15) is 0 Å². The van der Waals surface area contributed by atoms with Crippen LogP contribution in [-0.4, -0.2) is 19.5 Å². The Labute approximate surface area is 352 Å². The molecule has 0 N–H and O–H groups in total.